The molecule has 0 aliphatic rings. The maximum absolute atomic E-state index is 5.34. The average Bonchev–Trinajstić information content (AvgIpc) is 2.50. The summed E-state index contributed by atoms with van der Waals surface area (Å²) in [6.07, 6.45) is 3.87. The van der Waals surface area contributed by atoms with E-state index in [-0.39, 0.29) is 5.96 Å². The fourth-order valence-corrected chi connectivity index (χ4v) is 1.76. The molecule has 0 aliphatic carbocycles. The van der Waals surface area contributed by atoms with Gasteiger partial charge in [-0.15, -0.1) is 10.2 Å². The van der Waals surface area contributed by atoms with Crippen molar-refractivity contribution in [3.63, 3.8) is 0 Å². The van der Waals surface area contributed by atoms with Crippen molar-refractivity contribution >= 4 is 17.7 Å². The lowest BCUT2D eigenvalue weighted by Gasteiger charge is -2.00. The van der Waals surface area contributed by atoms with Crippen LogP contribution in [-0.4, -0.2) is 11.7 Å². The van der Waals surface area contributed by atoms with Gasteiger partial charge in [-0.05, 0) is 18.6 Å². The highest BCUT2D eigenvalue weighted by molar-refractivity contribution is 6.10. The molecule has 0 unspecified atom stereocenters. The van der Waals surface area contributed by atoms with E-state index in [1.54, 1.807) is 0 Å². The summed E-state index contributed by atoms with van der Waals surface area (Å²) in [5, 5.41) is 7.83. The zero-order valence-electron chi connectivity index (χ0n) is 11.9. The highest BCUT2D eigenvalue weighted by Gasteiger charge is 1.99. The van der Waals surface area contributed by atoms with Crippen LogP contribution in [0.1, 0.15) is 16.7 Å². The van der Waals surface area contributed by atoms with Gasteiger partial charge >= 0.3 is 0 Å². The summed E-state index contributed by atoms with van der Waals surface area (Å²) in [5.74, 6) is -0.0628. The topological polar surface area (TPSA) is 76.8 Å². The zero-order chi connectivity index (χ0) is 15.1. The van der Waals surface area contributed by atoms with Crippen molar-refractivity contribution in [3.8, 4) is 0 Å². The summed E-state index contributed by atoms with van der Waals surface area (Å²) in [4.78, 5) is 0. The van der Waals surface area contributed by atoms with Gasteiger partial charge in [-0.25, -0.2) is 0 Å². The molecule has 21 heavy (non-hydrogen) atoms. The van der Waals surface area contributed by atoms with E-state index >= 15 is 0 Å². The number of benzene rings is 2. The second kappa shape index (κ2) is 7.05. The van der Waals surface area contributed by atoms with Crippen molar-refractivity contribution in [1.29, 1.82) is 0 Å². The minimum atomic E-state index is -0.0628. The molecule has 0 amide bonds. The van der Waals surface area contributed by atoms with Gasteiger partial charge in [-0.3, -0.25) is 0 Å². The van der Waals surface area contributed by atoms with Crippen LogP contribution in [-0.2, 0) is 0 Å². The van der Waals surface area contributed by atoms with Crippen LogP contribution in [0, 0.1) is 6.92 Å². The van der Waals surface area contributed by atoms with Crippen LogP contribution in [0.25, 0.3) is 6.08 Å². The van der Waals surface area contributed by atoms with Crippen LogP contribution in [0.15, 0.2) is 70.9 Å². The first-order valence-corrected chi connectivity index (χ1v) is 6.62. The Morgan fingerprint density at radius 2 is 1.57 bits per heavy atom. The number of hydrogen-bond acceptors (Lipinski definition) is 2. The fourth-order valence-electron chi connectivity index (χ4n) is 1.76. The molecule has 2 aromatic carbocycles. The Kier molecular flexibility index (Phi) is 4.88. The summed E-state index contributed by atoms with van der Waals surface area (Å²) in [7, 11) is 0. The van der Waals surface area contributed by atoms with Crippen LogP contribution < -0.4 is 11.5 Å². The van der Waals surface area contributed by atoms with Crippen LogP contribution in [0.2, 0.25) is 0 Å². The van der Waals surface area contributed by atoms with Gasteiger partial charge < -0.3 is 11.5 Å². The minimum absolute atomic E-state index is 0.0628. The van der Waals surface area contributed by atoms with E-state index < -0.39 is 0 Å². The fraction of sp³-hybridized carbons (Fsp3) is 0.0588. The van der Waals surface area contributed by atoms with Gasteiger partial charge in [-0.1, -0.05) is 66.2 Å². The number of guanidine groups is 1. The number of hydrogen-bond donors (Lipinski definition) is 2. The standard InChI is InChI=1S/C17H18N4/c1-13-7-9-14(10-8-13)11-12-16(20-21-17(18)19)15-5-3-2-4-6-15/h2-12H,1H3,(H4,18,19,21). The molecule has 0 aliphatic heterocycles. The van der Waals surface area contributed by atoms with E-state index in [0.717, 1.165) is 11.1 Å². The van der Waals surface area contributed by atoms with Gasteiger partial charge in [0.05, 0.1) is 5.71 Å². The number of nitrogens with two attached hydrogens (primary N) is 2. The maximum atomic E-state index is 5.34. The van der Waals surface area contributed by atoms with Gasteiger partial charge in [-0.2, -0.15) is 0 Å². The largest absolute Gasteiger partial charge is 0.369 e. The van der Waals surface area contributed by atoms with Gasteiger partial charge in [0.2, 0.25) is 5.96 Å². The van der Waals surface area contributed by atoms with Crippen molar-refractivity contribution in [2.24, 2.45) is 21.7 Å². The Hall–Kier alpha value is -2.88. The van der Waals surface area contributed by atoms with Crippen LogP contribution >= 0.6 is 0 Å². The van der Waals surface area contributed by atoms with Gasteiger partial charge in [0.15, 0.2) is 0 Å². The average molecular weight is 278 g/mol. The molecule has 0 radical (unpaired) electrons. The predicted octanol–water partition coefficient (Wildman–Crippen LogP) is 2.69. The number of rotatable bonds is 4. The molecular weight excluding hydrogens is 260 g/mol. The van der Waals surface area contributed by atoms with E-state index in [2.05, 4.69) is 41.4 Å². The normalized spacial score (nSPS) is 11.6. The second-order valence-corrected chi connectivity index (χ2v) is 4.62. The highest BCUT2D eigenvalue weighted by Crippen LogP contribution is 2.08. The lowest BCUT2D eigenvalue weighted by molar-refractivity contribution is 1.20. The lowest BCUT2D eigenvalue weighted by Crippen LogP contribution is -2.22. The lowest BCUT2D eigenvalue weighted by atomic mass is 10.1. The van der Waals surface area contributed by atoms with Crippen LogP contribution in [0.5, 0.6) is 0 Å². The Morgan fingerprint density at radius 1 is 0.905 bits per heavy atom. The van der Waals surface area contributed by atoms with Crippen molar-refractivity contribution < 1.29 is 0 Å². The Morgan fingerprint density at radius 3 is 2.19 bits per heavy atom. The predicted molar refractivity (Wildman–Crippen MR) is 89.0 cm³/mol. The molecule has 4 heteroatoms. The number of allylic oxidation sites excluding steroid dienone is 1. The third kappa shape index (κ3) is 4.62. The van der Waals surface area contributed by atoms with E-state index in [4.69, 9.17) is 11.5 Å². The van der Waals surface area contributed by atoms with Crippen molar-refractivity contribution in [3.05, 3.63) is 77.4 Å². The molecule has 4 nitrogen and oxygen atoms in total. The van der Waals surface area contributed by atoms with E-state index in [1.807, 2.05) is 42.5 Å². The van der Waals surface area contributed by atoms with Crippen molar-refractivity contribution in [2.45, 2.75) is 6.92 Å². The first kappa shape index (κ1) is 14.5. The zero-order valence-corrected chi connectivity index (χ0v) is 11.9. The molecule has 0 saturated heterocycles. The molecule has 2 rings (SSSR count). The molecular formula is C17H18N4. The summed E-state index contributed by atoms with van der Waals surface area (Å²) >= 11 is 0. The molecule has 0 fully saturated rings. The Labute approximate surface area is 124 Å². The van der Waals surface area contributed by atoms with Gasteiger partial charge in [0.25, 0.3) is 0 Å². The van der Waals surface area contributed by atoms with Gasteiger partial charge in [0, 0.05) is 5.56 Å². The molecule has 2 aromatic rings. The molecule has 0 bridgehead atoms. The quantitative estimate of drug-likeness (QED) is 0.512. The van der Waals surface area contributed by atoms with E-state index in [9.17, 15) is 0 Å². The van der Waals surface area contributed by atoms with Crippen molar-refractivity contribution in [1.82, 2.24) is 0 Å². The SMILES string of the molecule is Cc1ccc(C=CC(=NN=C(N)N)c2ccccc2)cc1. The summed E-state index contributed by atoms with van der Waals surface area (Å²) in [5.41, 5.74) is 14.6. The van der Waals surface area contributed by atoms with E-state index in [1.165, 1.54) is 5.56 Å². The van der Waals surface area contributed by atoms with Crippen molar-refractivity contribution in [2.75, 3.05) is 0 Å². The minimum Gasteiger partial charge on any atom is -0.369 e. The molecule has 106 valence electrons. The smallest absolute Gasteiger partial charge is 0.211 e. The molecule has 0 atom stereocenters. The van der Waals surface area contributed by atoms with Crippen LogP contribution in [0.4, 0.5) is 0 Å². The maximum Gasteiger partial charge on any atom is 0.211 e. The molecule has 0 heterocycles. The van der Waals surface area contributed by atoms with Crippen LogP contribution in [0.3, 0.4) is 0 Å². The molecule has 4 N–H and O–H groups in total. The first-order valence-electron chi connectivity index (χ1n) is 6.62. The summed E-state index contributed by atoms with van der Waals surface area (Å²) in [6, 6.07) is 18.0. The Balaban J connectivity index is 2.30. The third-order valence-electron chi connectivity index (χ3n) is 2.85. The summed E-state index contributed by atoms with van der Waals surface area (Å²) in [6.45, 7) is 2.06. The summed E-state index contributed by atoms with van der Waals surface area (Å²) < 4.78 is 0. The number of aryl methyl sites for hydroxylation is 1. The monoisotopic (exact) mass is 278 g/mol. The number of nitrogens with zero attached hydrogens (tertiary/aromatic N) is 2. The molecule has 0 saturated carbocycles. The van der Waals surface area contributed by atoms with Gasteiger partial charge in [0.1, 0.15) is 0 Å². The molecule has 0 spiro atoms. The highest BCUT2D eigenvalue weighted by atomic mass is 15.3. The Bertz CT molecular complexity index is 664. The third-order valence-corrected chi connectivity index (χ3v) is 2.85. The van der Waals surface area contributed by atoms with E-state index in [0.29, 0.717) is 5.71 Å². The molecule has 0 aromatic heterocycles. The second-order valence-electron chi connectivity index (χ2n) is 4.62. The first-order chi connectivity index (χ1) is 10.1.